The molecule has 0 aliphatic carbocycles. The van der Waals surface area contributed by atoms with E-state index >= 15 is 0 Å². The number of rotatable bonds is 5. The van der Waals surface area contributed by atoms with Gasteiger partial charge in [-0.3, -0.25) is 9.59 Å². The number of aliphatic carboxylic acids is 1. The summed E-state index contributed by atoms with van der Waals surface area (Å²) in [6, 6.07) is 10.5. The third kappa shape index (κ3) is 3.47. The molecule has 110 valence electrons. The molecule has 0 bridgehead atoms. The van der Waals surface area contributed by atoms with Gasteiger partial charge in [-0.05, 0) is 13.8 Å². The Morgan fingerprint density at radius 3 is 2.52 bits per heavy atom. The van der Waals surface area contributed by atoms with Crippen LogP contribution in [0.3, 0.4) is 0 Å². The minimum atomic E-state index is -1.07. The van der Waals surface area contributed by atoms with Gasteiger partial charge in [-0.25, -0.2) is 0 Å². The van der Waals surface area contributed by atoms with Crippen LogP contribution in [0.4, 0.5) is 0 Å². The van der Waals surface area contributed by atoms with E-state index in [4.69, 9.17) is 9.63 Å². The third-order valence-electron chi connectivity index (χ3n) is 2.98. The highest BCUT2D eigenvalue weighted by molar-refractivity contribution is 5.95. The van der Waals surface area contributed by atoms with E-state index < -0.39 is 11.9 Å². The lowest BCUT2D eigenvalue weighted by Crippen LogP contribution is -2.40. The summed E-state index contributed by atoms with van der Waals surface area (Å²) in [4.78, 5) is 24.4. The van der Waals surface area contributed by atoms with E-state index in [-0.39, 0.29) is 18.3 Å². The number of carbonyl (C=O) groups excluding carboxylic acids is 1. The van der Waals surface area contributed by atoms with Gasteiger partial charge in [-0.15, -0.1) is 0 Å². The zero-order chi connectivity index (χ0) is 15.4. The third-order valence-corrected chi connectivity index (χ3v) is 2.98. The van der Waals surface area contributed by atoms with Gasteiger partial charge < -0.3 is 14.5 Å². The maximum absolute atomic E-state index is 12.3. The SMILES string of the molecule is CC(C)N(CC(=O)O)C(=O)c1cc(-c2ccccc2)on1. The highest BCUT2D eigenvalue weighted by atomic mass is 16.5. The molecule has 1 aromatic carbocycles. The van der Waals surface area contributed by atoms with Crippen molar-refractivity contribution in [3.63, 3.8) is 0 Å². The Kier molecular flexibility index (Phi) is 4.37. The van der Waals surface area contributed by atoms with Crippen LogP contribution in [0.15, 0.2) is 40.9 Å². The molecule has 0 saturated carbocycles. The first-order chi connectivity index (χ1) is 9.99. The molecule has 0 radical (unpaired) electrons. The molecule has 0 saturated heterocycles. The molecule has 2 aromatic rings. The molecule has 0 aliphatic heterocycles. The molecule has 1 heterocycles. The van der Waals surface area contributed by atoms with Crippen molar-refractivity contribution in [3.05, 3.63) is 42.1 Å². The Morgan fingerprint density at radius 2 is 1.95 bits per heavy atom. The first-order valence-corrected chi connectivity index (χ1v) is 6.54. The molecule has 0 atom stereocenters. The van der Waals surface area contributed by atoms with Gasteiger partial charge in [0.1, 0.15) is 6.54 Å². The lowest BCUT2D eigenvalue weighted by atomic mass is 10.1. The summed E-state index contributed by atoms with van der Waals surface area (Å²) in [7, 11) is 0. The molecule has 1 N–H and O–H groups in total. The van der Waals surface area contributed by atoms with Gasteiger partial charge in [-0.1, -0.05) is 35.5 Å². The van der Waals surface area contributed by atoms with Crippen molar-refractivity contribution in [2.24, 2.45) is 0 Å². The summed E-state index contributed by atoms with van der Waals surface area (Å²) in [5.41, 5.74) is 0.905. The predicted molar refractivity (Wildman–Crippen MR) is 75.7 cm³/mol. The molecule has 0 spiro atoms. The monoisotopic (exact) mass is 288 g/mol. The van der Waals surface area contributed by atoms with Gasteiger partial charge in [-0.2, -0.15) is 0 Å². The Labute approximate surface area is 122 Å². The molecular formula is C15H16N2O4. The summed E-state index contributed by atoms with van der Waals surface area (Å²) in [5.74, 6) is -1.06. The second-order valence-corrected chi connectivity index (χ2v) is 4.86. The first-order valence-electron chi connectivity index (χ1n) is 6.54. The number of carbonyl (C=O) groups is 2. The lowest BCUT2D eigenvalue weighted by molar-refractivity contribution is -0.138. The Hall–Kier alpha value is -2.63. The van der Waals surface area contributed by atoms with Gasteiger partial charge in [0.25, 0.3) is 5.91 Å². The summed E-state index contributed by atoms with van der Waals surface area (Å²) in [6.45, 7) is 3.13. The fraction of sp³-hybridized carbons (Fsp3) is 0.267. The van der Waals surface area contributed by atoms with E-state index in [1.54, 1.807) is 13.8 Å². The number of hydrogen-bond donors (Lipinski definition) is 1. The number of nitrogens with zero attached hydrogens (tertiary/aromatic N) is 2. The Balaban J connectivity index is 2.23. The maximum Gasteiger partial charge on any atom is 0.323 e. The van der Waals surface area contributed by atoms with Crippen LogP contribution in [0.5, 0.6) is 0 Å². The van der Waals surface area contributed by atoms with E-state index in [0.29, 0.717) is 5.76 Å². The average Bonchev–Trinajstić information content (AvgIpc) is 2.94. The smallest absolute Gasteiger partial charge is 0.323 e. The van der Waals surface area contributed by atoms with Crippen LogP contribution < -0.4 is 0 Å². The molecule has 1 amide bonds. The van der Waals surface area contributed by atoms with E-state index in [0.717, 1.165) is 5.56 Å². The predicted octanol–water partition coefficient (Wildman–Crippen LogP) is 2.28. The van der Waals surface area contributed by atoms with Crippen molar-refractivity contribution in [2.75, 3.05) is 6.54 Å². The first kappa shape index (κ1) is 14.8. The average molecular weight is 288 g/mol. The van der Waals surface area contributed by atoms with Crippen molar-refractivity contribution in [3.8, 4) is 11.3 Å². The standard InChI is InChI=1S/C15H16N2O4/c1-10(2)17(9-14(18)19)15(20)12-8-13(21-16-12)11-6-4-3-5-7-11/h3-8,10H,9H2,1-2H3,(H,18,19). The molecule has 2 rings (SSSR count). The van der Waals surface area contributed by atoms with E-state index in [1.165, 1.54) is 11.0 Å². The van der Waals surface area contributed by atoms with Crippen LogP contribution in [0.1, 0.15) is 24.3 Å². The summed E-state index contributed by atoms with van der Waals surface area (Å²) < 4.78 is 5.16. The van der Waals surface area contributed by atoms with Crippen LogP contribution >= 0.6 is 0 Å². The molecule has 1 aromatic heterocycles. The molecule has 0 fully saturated rings. The number of hydrogen-bond acceptors (Lipinski definition) is 4. The fourth-order valence-electron chi connectivity index (χ4n) is 1.90. The normalized spacial score (nSPS) is 10.6. The minimum Gasteiger partial charge on any atom is -0.480 e. The van der Waals surface area contributed by atoms with Crippen molar-refractivity contribution in [1.29, 1.82) is 0 Å². The quantitative estimate of drug-likeness (QED) is 0.912. The lowest BCUT2D eigenvalue weighted by Gasteiger charge is -2.23. The summed E-state index contributed by atoms with van der Waals surface area (Å²) in [5, 5.41) is 12.6. The van der Waals surface area contributed by atoms with E-state index in [1.807, 2.05) is 30.3 Å². The highest BCUT2D eigenvalue weighted by Crippen LogP contribution is 2.20. The van der Waals surface area contributed by atoms with Crippen LogP contribution in [0.2, 0.25) is 0 Å². The van der Waals surface area contributed by atoms with Crippen molar-refractivity contribution < 1.29 is 19.2 Å². The number of benzene rings is 1. The molecule has 0 unspecified atom stereocenters. The summed E-state index contributed by atoms with van der Waals surface area (Å²) >= 11 is 0. The minimum absolute atomic E-state index is 0.101. The maximum atomic E-state index is 12.3. The van der Waals surface area contributed by atoms with Crippen LogP contribution in [-0.4, -0.2) is 39.6 Å². The van der Waals surface area contributed by atoms with Crippen molar-refractivity contribution in [2.45, 2.75) is 19.9 Å². The largest absolute Gasteiger partial charge is 0.480 e. The second-order valence-electron chi connectivity index (χ2n) is 4.86. The number of aromatic nitrogens is 1. The molecule has 6 heteroatoms. The van der Waals surface area contributed by atoms with E-state index in [2.05, 4.69) is 5.16 Å². The Morgan fingerprint density at radius 1 is 1.29 bits per heavy atom. The van der Waals surface area contributed by atoms with Gasteiger partial charge >= 0.3 is 5.97 Å². The van der Waals surface area contributed by atoms with Crippen LogP contribution in [0, 0.1) is 0 Å². The molecule has 0 aliphatic rings. The number of amides is 1. The van der Waals surface area contributed by atoms with Gasteiger partial charge in [0.2, 0.25) is 0 Å². The molecule has 21 heavy (non-hydrogen) atoms. The topological polar surface area (TPSA) is 83.6 Å². The summed E-state index contributed by atoms with van der Waals surface area (Å²) in [6.07, 6.45) is 0. The van der Waals surface area contributed by atoms with Crippen LogP contribution in [-0.2, 0) is 4.79 Å². The number of carboxylic acid groups (broad SMARTS) is 1. The Bertz CT molecular complexity index is 634. The highest BCUT2D eigenvalue weighted by Gasteiger charge is 2.24. The van der Waals surface area contributed by atoms with E-state index in [9.17, 15) is 9.59 Å². The van der Waals surface area contributed by atoms with Crippen molar-refractivity contribution in [1.82, 2.24) is 10.1 Å². The number of carboxylic acids is 1. The zero-order valence-electron chi connectivity index (χ0n) is 11.8. The van der Waals surface area contributed by atoms with Crippen molar-refractivity contribution >= 4 is 11.9 Å². The van der Waals surface area contributed by atoms with Gasteiger partial charge in [0.15, 0.2) is 11.5 Å². The second kappa shape index (κ2) is 6.21. The molecular weight excluding hydrogens is 272 g/mol. The van der Waals surface area contributed by atoms with Crippen LogP contribution in [0.25, 0.3) is 11.3 Å². The molecule has 6 nitrogen and oxygen atoms in total. The van der Waals surface area contributed by atoms with Gasteiger partial charge in [0.05, 0.1) is 0 Å². The zero-order valence-corrected chi connectivity index (χ0v) is 11.8. The fourth-order valence-corrected chi connectivity index (χ4v) is 1.90. The van der Waals surface area contributed by atoms with Gasteiger partial charge in [0, 0.05) is 17.7 Å².